The van der Waals surface area contributed by atoms with E-state index in [0.29, 0.717) is 24.0 Å². The molecule has 4 N–H and O–H groups in total. The summed E-state index contributed by atoms with van der Waals surface area (Å²) in [6.45, 7) is 3.38. The number of benzene rings is 2. The molecule has 0 heterocycles. The van der Waals surface area contributed by atoms with Crippen LogP contribution in [-0.2, 0) is 6.42 Å². The summed E-state index contributed by atoms with van der Waals surface area (Å²) in [6, 6.07) is 9.88. The molecule has 0 bridgehead atoms. The molecule has 0 saturated carbocycles. The van der Waals surface area contributed by atoms with Crippen molar-refractivity contribution in [2.45, 2.75) is 32.3 Å². The molecular formula is C19H22O4. The zero-order valence-corrected chi connectivity index (χ0v) is 13.3. The van der Waals surface area contributed by atoms with Crippen molar-refractivity contribution in [2.24, 2.45) is 0 Å². The van der Waals surface area contributed by atoms with Gasteiger partial charge in [0.1, 0.15) is 17.2 Å². The highest BCUT2D eigenvalue weighted by atomic mass is 16.3. The van der Waals surface area contributed by atoms with Gasteiger partial charge in [-0.3, -0.25) is 0 Å². The van der Waals surface area contributed by atoms with Crippen LogP contribution in [0.4, 0.5) is 0 Å². The molecule has 2 rings (SSSR count). The van der Waals surface area contributed by atoms with Crippen molar-refractivity contribution in [1.82, 2.24) is 0 Å². The Labute approximate surface area is 136 Å². The van der Waals surface area contributed by atoms with E-state index in [1.807, 2.05) is 6.08 Å². The molecule has 2 aromatic carbocycles. The number of hydrogen-bond acceptors (Lipinski definition) is 4. The lowest BCUT2D eigenvalue weighted by Crippen LogP contribution is -2.19. The average molecular weight is 314 g/mol. The van der Waals surface area contributed by atoms with Crippen molar-refractivity contribution in [3.8, 4) is 17.2 Å². The molecule has 23 heavy (non-hydrogen) atoms. The lowest BCUT2D eigenvalue weighted by atomic mass is 9.96. The second-order valence-corrected chi connectivity index (χ2v) is 6.28. The van der Waals surface area contributed by atoms with Crippen LogP contribution in [0.15, 0.2) is 36.4 Å². The number of aromatic hydroxyl groups is 3. The number of hydrogen-bond donors (Lipinski definition) is 4. The minimum Gasteiger partial charge on any atom is -0.508 e. The molecule has 0 aliphatic heterocycles. The molecule has 122 valence electrons. The first-order valence-corrected chi connectivity index (χ1v) is 7.49. The van der Waals surface area contributed by atoms with Crippen LogP contribution in [0.5, 0.6) is 17.2 Å². The van der Waals surface area contributed by atoms with Crippen LogP contribution in [0.3, 0.4) is 0 Å². The Hall–Kier alpha value is -2.46. The summed E-state index contributed by atoms with van der Waals surface area (Å²) in [6.07, 6.45) is 4.43. The topological polar surface area (TPSA) is 80.9 Å². The van der Waals surface area contributed by atoms with Crippen molar-refractivity contribution in [1.29, 1.82) is 0 Å². The van der Waals surface area contributed by atoms with Crippen molar-refractivity contribution in [3.63, 3.8) is 0 Å². The van der Waals surface area contributed by atoms with Gasteiger partial charge in [-0.05, 0) is 62.1 Å². The molecule has 4 heteroatoms. The first-order chi connectivity index (χ1) is 10.7. The first-order valence-electron chi connectivity index (χ1n) is 7.49. The Morgan fingerprint density at radius 1 is 0.870 bits per heavy atom. The third kappa shape index (κ3) is 5.04. The Kier molecular flexibility index (Phi) is 4.96. The van der Waals surface area contributed by atoms with Crippen LogP contribution < -0.4 is 0 Å². The normalized spacial score (nSPS) is 12.0. The standard InChI is InChI=1S/C19H22O4/c1-19(2,23)10-9-16-17(21)11-14(12-18(16)22)4-3-13-5-7-15(20)8-6-13/h3-8,11-12,20-23H,9-10H2,1-2H3. The lowest BCUT2D eigenvalue weighted by molar-refractivity contribution is 0.0711. The smallest absolute Gasteiger partial charge is 0.123 e. The highest BCUT2D eigenvalue weighted by molar-refractivity contribution is 5.71. The molecule has 0 fully saturated rings. The van der Waals surface area contributed by atoms with Crippen molar-refractivity contribution in [2.75, 3.05) is 0 Å². The maximum absolute atomic E-state index is 10.1. The highest BCUT2D eigenvalue weighted by Gasteiger charge is 2.16. The molecule has 0 saturated heterocycles. The van der Waals surface area contributed by atoms with Crippen LogP contribution in [0.25, 0.3) is 12.2 Å². The highest BCUT2D eigenvalue weighted by Crippen LogP contribution is 2.32. The fraction of sp³-hybridized carbons (Fsp3) is 0.263. The van der Waals surface area contributed by atoms with Gasteiger partial charge in [-0.1, -0.05) is 24.3 Å². The fourth-order valence-electron chi connectivity index (χ4n) is 2.22. The van der Waals surface area contributed by atoms with Gasteiger partial charge in [0, 0.05) is 5.56 Å². The predicted molar refractivity (Wildman–Crippen MR) is 91.4 cm³/mol. The van der Waals surface area contributed by atoms with Crippen LogP contribution in [0, 0.1) is 0 Å². The van der Waals surface area contributed by atoms with Gasteiger partial charge in [0.05, 0.1) is 5.60 Å². The summed E-state index contributed by atoms with van der Waals surface area (Å²) in [7, 11) is 0. The van der Waals surface area contributed by atoms with Gasteiger partial charge in [0.15, 0.2) is 0 Å². The summed E-state index contributed by atoms with van der Waals surface area (Å²) in [5.74, 6) is 0.229. The first kappa shape index (κ1) is 16.9. The Bertz CT molecular complexity index is 671. The van der Waals surface area contributed by atoms with Crippen LogP contribution in [0.2, 0.25) is 0 Å². The van der Waals surface area contributed by atoms with E-state index >= 15 is 0 Å². The van der Waals surface area contributed by atoms with Gasteiger partial charge >= 0.3 is 0 Å². The Morgan fingerprint density at radius 2 is 1.39 bits per heavy atom. The second-order valence-electron chi connectivity index (χ2n) is 6.28. The van der Waals surface area contributed by atoms with Crippen molar-refractivity contribution in [3.05, 3.63) is 53.1 Å². The van der Waals surface area contributed by atoms with Gasteiger partial charge in [0.2, 0.25) is 0 Å². The number of phenolic OH excluding ortho intramolecular Hbond substituents is 3. The lowest BCUT2D eigenvalue weighted by Gasteiger charge is -2.17. The maximum Gasteiger partial charge on any atom is 0.123 e. The third-order valence-electron chi connectivity index (χ3n) is 3.57. The van der Waals surface area contributed by atoms with E-state index in [9.17, 15) is 20.4 Å². The van der Waals surface area contributed by atoms with Crippen LogP contribution >= 0.6 is 0 Å². The molecule has 0 radical (unpaired) electrons. The minimum atomic E-state index is -0.851. The molecule has 4 nitrogen and oxygen atoms in total. The van der Waals surface area contributed by atoms with E-state index in [2.05, 4.69) is 0 Å². The molecule has 0 amide bonds. The van der Waals surface area contributed by atoms with E-state index in [-0.39, 0.29) is 17.2 Å². The van der Waals surface area contributed by atoms with E-state index in [1.54, 1.807) is 56.3 Å². The van der Waals surface area contributed by atoms with Crippen LogP contribution in [-0.4, -0.2) is 26.0 Å². The molecule has 0 aliphatic rings. The van der Waals surface area contributed by atoms with E-state index < -0.39 is 5.60 Å². The SMILES string of the molecule is CC(C)(O)CCc1c(O)cc(C=Cc2ccc(O)cc2)cc1O. The van der Waals surface area contributed by atoms with Crippen molar-refractivity contribution >= 4 is 12.2 Å². The maximum atomic E-state index is 10.1. The van der Waals surface area contributed by atoms with Crippen LogP contribution in [0.1, 0.15) is 37.0 Å². The summed E-state index contributed by atoms with van der Waals surface area (Å²) < 4.78 is 0. The van der Waals surface area contributed by atoms with E-state index in [4.69, 9.17) is 0 Å². The number of rotatable bonds is 5. The zero-order chi connectivity index (χ0) is 17.0. The van der Waals surface area contributed by atoms with Gasteiger partial charge in [0.25, 0.3) is 0 Å². The number of phenols is 3. The predicted octanol–water partition coefficient (Wildman–Crippen LogP) is 3.68. The largest absolute Gasteiger partial charge is 0.508 e. The average Bonchev–Trinajstić information content (AvgIpc) is 2.44. The molecular weight excluding hydrogens is 292 g/mol. The van der Waals surface area contributed by atoms with Gasteiger partial charge in [-0.2, -0.15) is 0 Å². The monoisotopic (exact) mass is 314 g/mol. The van der Waals surface area contributed by atoms with Gasteiger partial charge < -0.3 is 20.4 Å². The van der Waals surface area contributed by atoms with E-state index in [0.717, 1.165) is 5.56 Å². The molecule has 0 unspecified atom stereocenters. The fourth-order valence-corrected chi connectivity index (χ4v) is 2.22. The molecule has 0 aromatic heterocycles. The molecule has 0 spiro atoms. The summed E-state index contributed by atoms with van der Waals surface area (Å²) >= 11 is 0. The van der Waals surface area contributed by atoms with Gasteiger partial charge in [-0.15, -0.1) is 0 Å². The Balaban J connectivity index is 2.17. The van der Waals surface area contributed by atoms with Gasteiger partial charge in [-0.25, -0.2) is 0 Å². The second kappa shape index (κ2) is 6.75. The number of aliphatic hydroxyl groups is 1. The molecule has 0 atom stereocenters. The molecule has 0 aliphatic carbocycles. The molecule has 2 aromatic rings. The third-order valence-corrected chi connectivity index (χ3v) is 3.57. The Morgan fingerprint density at radius 3 is 1.91 bits per heavy atom. The zero-order valence-electron chi connectivity index (χ0n) is 13.3. The van der Waals surface area contributed by atoms with E-state index in [1.165, 1.54) is 0 Å². The minimum absolute atomic E-state index is 0.0135. The summed E-state index contributed by atoms with van der Waals surface area (Å²) in [5.41, 5.74) is 1.15. The summed E-state index contributed by atoms with van der Waals surface area (Å²) in [4.78, 5) is 0. The summed E-state index contributed by atoms with van der Waals surface area (Å²) in [5, 5.41) is 39.2. The quantitative estimate of drug-likeness (QED) is 0.635. The van der Waals surface area contributed by atoms with Crippen molar-refractivity contribution < 1.29 is 20.4 Å².